The van der Waals surface area contributed by atoms with Crippen LogP contribution in [0.15, 0.2) is 24.3 Å². The second kappa shape index (κ2) is 6.22. The number of carboxylic acids is 1. The number of aliphatic hydroxyl groups excluding tert-OH is 1. The number of methoxy groups -OCH3 is 1. The van der Waals surface area contributed by atoms with Gasteiger partial charge in [0.25, 0.3) is 0 Å². The van der Waals surface area contributed by atoms with Gasteiger partial charge in [-0.05, 0) is 24.7 Å². The lowest BCUT2D eigenvalue weighted by Crippen LogP contribution is -2.29. The Morgan fingerprint density at radius 3 is 2.82 bits per heavy atom. The molecule has 0 aliphatic heterocycles. The van der Waals surface area contributed by atoms with Crippen LogP contribution in [0.3, 0.4) is 0 Å². The van der Waals surface area contributed by atoms with Gasteiger partial charge in [-0.25, -0.2) is 0 Å². The van der Waals surface area contributed by atoms with Gasteiger partial charge in [-0.15, -0.1) is 0 Å². The lowest BCUT2D eigenvalue weighted by molar-refractivity contribution is -0.138. The molecule has 1 aromatic rings. The number of nitrogens with zero attached hydrogens (tertiary/aromatic N) is 1. The van der Waals surface area contributed by atoms with Gasteiger partial charge >= 0.3 is 5.97 Å². The van der Waals surface area contributed by atoms with Gasteiger partial charge in [-0.3, -0.25) is 9.69 Å². The summed E-state index contributed by atoms with van der Waals surface area (Å²) in [4.78, 5) is 12.0. The molecule has 1 rings (SSSR count). The number of benzene rings is 1. The van der Waals surface area contributed by atoms with E-state index in [2.05, 4.69) is 0 Å². The monoisotopic (exact) mass is 239 g/mol. The molecule has 0 radical (unpaired) electrons. The summed E-state index contributed by atoms with van der Waals surface area (Å²) in [5.74, 6) is -0.243. The summed E-state index contributed by atoms with van der Waals surface area (Å²) in [6.07, 6.45) is -0.727. The van der Waals surface area contributed by atoms with Crippen LogP contribution < -0.4 is 4.74 Å². The van der Waals surface area contributed by atoms with Gasteiger partial charge in [0.1, 0.15) is 5.75 Å². The fourth-order valence-corrected chi connectivity index (χ4v) is 1.54. The van der Waals surface area contributed by atoms with E-state index in [1.54, 1.807) is 43.3 Å². The normalized spacial score (nSPS) is 12.5. The minimum Gasteiger partial charge on any atom is -0.497 e. The predicted octanol–water partition coefficient (Wildman–Crippen LogP) is 0.745. The fourth-order valence-electron chi connectivity index (χ4n) is 1.54. The Morgan fingerprint density at radius 1 is 1.53 bits per heavy atom. The maximum Gasteiger partial charge on any atom is 0.317 e. The number of carbonyl (C=O) groups is 1. The first-order valence-electron chi connectivity index (χ1n) is 5.25. The number of aliphatic hydroxyl groups is 1. The fraction of sp³-hybridized carbons (Fsp3) is 0.417. The number of likely N-dealkylation sites (N-methyl/N-ethyl adjacent to an activating group) is 1. The molecule has 0 saturated heterocycles. The molecule has 0 aromatic heterocycles. The van der Waals surface area contributed by atoms with Crippen molar-refractivity contribution in [1.82, 2.24) is 4.90 Å². The van der Waals surface area contributed by atoms with Crippen LogP contribution in [0.1, 0.15) is 11.7 Å². The molecule has 1 aromatic carbocycles. The van der Waals surface area contributed by atoms with E-state index in [9.17, 15) is 9.90 Å². The summed E-state index contributed by atoms with van der Waals surface area (Å²) >= 11 is 0. The van der Waals surface area contributed by atoms with Gasteiger partial charge in [0.15, 0.2) is 0 Å². The average Bonchev–Trinajstić information content (AvgIpc) is 2.27. The zero-order valence-corrected chi connectivity index (χ0v) is 9.96. The molecule has 5 heteroatoms. The van der Waals surface area contributed by atoms with Gasteiger partial charge in [0.05, 0.1) is 19.8 Å². The second-order valence-corrected chi connectivity index (χ2v) is 3.88. The molecule has 0 heterocycles. The maximum atomic E-state index is 10.5. The minimum atomic E-state index is -0.912. The van der Waals surface area contributed by atoms with Crippen LogP contribution in [0.4, 0.5) is 0 Å². The van der Waals surface area contributed by atoms with Crippen LogP contribution in [-0.4, -0.2) is 48.3 Å². The van der Waals surface area contributed by atoms with Crippen molar-refractivity contribution in [2.24, 2.45) is 0 Å². The van der Waals surface area contributed by atoms with Crippen molar-refractivity contribution in [3.63, 3.8) is 0 Å². The summed E-state index contributed by atoms with van der Waals surface area (Å²) in [5.41, 5.74) is 0.710. The van der Waals surface area contributed by atoms with Crippen molar-refractivity contribution in [3.05, 3.63) is 29.8 Å². The summed E-state index contributed by atoms with van der Waals surface area (Å²) in [6, 6.07) is 7.09. The highest BCUT2D eigenvalue weighted by Crippen LogP contribution is 2.19. The Hall–Kier alpha value is -1.59. The SMILES string of the molecule is COc1cccc(C(O)CN(C)CC(=O)O)c1. The van der Waals surface area contributed by atoms with E-state index >= 15 is 0 Å². The average molecular weight is 239 g/mol. The van der Waals surface area contributed by atoms with Crippen LogP contribution in [0.5, 0.6) is 5.75 Å². The highest BCUT2D eigenvalue weighted by atomic mass is 16.5. The van der Waals surface area contributed by atoms with Gasteiger partial charge in [-0.1, -0.05) is 12.1 Å². The molecule has 0 saturated carbocycles. The van der Waals surface area contributed by atoms with Crippen molar-refractivity contribution >= 4 is 5.97 Å². The van der Waals surface area contributed by atoms with Gasteiger partial charge in [0, 0.05) is 6.54 Å². The van der Waals surface area contributed by atoms with Crippen molar-refractivity contribution in [1.29, 1.82) is 0 Å². The Morgan fingerprint density at radius 2 is 2.24 bits per heavy atom. The van der Waals surface area contributed by atoms with E-state index in [1.807, 2.05) is 0 Å². The number of hydrogen-bond donors (Lipinski definition) is 2. The van der Waals surface area contributed by atoms with E-state index in [0.29, 0.717) is 11.3 Å². The van der Waals surface area contributed by atoms with E-state index < -0.39 is 12.1 Å². The number of hydrogen-bond acceptors (Lipinski definition) is 4. The third kappa shape index (κ3) is 4.42. The van der Waals surface area contributed by atoms with Gasteiger partial charge < -0.3 is 14.9 Å². The van der Waals surface area contributed by atoms with Crippen molar-refractivity contribution in [2.45, 2.75) is 6.10 Å². The molecule has 1 atom stereocenters. The molecular weight excluding hydrogens is 222 g/mol. The molecule has 0 bridgehead atoms. The van der Waals surface area contributed by atoms with Crippen molar-refractivity contribution < 1.29 is 19.7 Å². The molecule has 0 aliphatic rings. The van der Waals surface area contributed by atoms with E-state index in [4.69, 9.17) is 9.84 Å². The molecule has 2 N–H and O–H groups in total. The molecule has 0 aliphatic carbocycles. The first-order valence-corrected chi connectivity index (χ1v) is 5.25. The number of rotatable bonds is 6. The lowest BCUT2D eigenvalue weighted by atomic mass is 10.1. The topological polar surface area (TPSA) is 70.0 Å². The second-order valence-electron chi connectivity index (χ2n) is 3.88. The Labute approximate surface area is 100 Å². The number of aliphatic carboxylic acids is 1. The number of carboxylic acid groups (broad SMARTS) is 1. The highest BCUT2D eigenvalue weighted by molar-refractivity contribution is 5.69. The zero-order chi connectivity index (χ0) is 12.8. The first-order chi connectivity index (χ1) is 8.02. The maximum absolute atomic E-state index is 10.5. The smallest absolute Gasteiger partial charge is 0.317 e. The zero-order valence-electron chi connectivity index (χ0n) is 9.96. The van der Waals surface area contributed by atoms with E-state index in [1.165, 1.54) is 0 Å². The first kappa shape index (κ1) is 13.5. The Balaban J connectivity index is 2.62. The standard InChI is InChI=1S/C12H17NO4/c1-13(8-12(15)16)7-11(14)9-4-3-5-10(6-9)17-2/h3-6,11,14H,7-8H2,1-2H3,(H,15,16). The van der Waals surface area contributed by atoms with Crippen LogP contribution in [0.2, 0.25) is 0 Å². The van der Waals surface area contributed by atoms with E-state index in [0.717, 1.165) is 0 Å². The lowest BCUT2D eigenvalue weighted by Gasteiger charge is -2.19. The largest absolute Gasteiger partial charge is 0.497 e. The molecule has 17 heavy (non-hydrogen) atoms. The minimum absolute atomic E-state index is 0.0962. The molecule has 0 fully saturated rings. The molecule has 94 valence electrons. The molecule has 0 amide bonds. The number of ether oxygens (including phenoxy) is 1. The quantitative estimate of drug-likeness (QED) is 0.766. The summed E-state index contributed by atoms with van der Waals surface area (Å²) in [5, 5.41) is 18.5. The van der Waals surface area contributed by atoms with Crippen molar-refractivity contribution in [3.8, 4) is 5.75 Å². The van der Waals surface area contributed by atoms with Gasteiger partial charge in [-0.2, -0.15) is 0 Å². The van der Waals surface area contributed by atoms with Gasteiger partial charge in [0.2, 0.25) is 0 Å². The molecule has 5 nitrogen and oxygen atoms in total. The molecule has 1 unspecified atom stereocenters. The third-order valence-electron chi connectivity index (χ3n) is 2.37. The third-order valence-corrected chi connectivity index (χ3v) is 2.37. The van der Waals surface area contributed by atoms with Crippen LogP contribution >= 0.6 is 0 Å². The Kier molecular flexibility index (Phi) is 4.93. The van der Waals surface area contributed by atoms with Crippen molar-refractivity contribution in [2.75, 3.05) is 27.2 Å². The van der Waals surface area contributed by atoms with Crippen LogP contribution in [-0.2, 0) is 4.79 Å². The highest BCUT2D eigenvalue weighted by Gasteiger charge is 2.13. The molecular formula is C12H17NO4. The van der Waals surface area contributed by atoms with Crippen LogP contribution in [0.25, 0.3) is 0 Å². The Bertz CT molecular complexity index is 381. The van der Waals surface area contributed by atoms with Crippen LogP contribution in [0, 0.1) is 0 Å². The summed E-state index contributed by atoms with van der Waals surface area (Å²) in [6.45, 7) is 0.167. The summed E-state index contributed by atoms with van der Waals surface area (Å²) in [7, 11) is 3.21. The van der Waals surface area contributed by atoms with E-state index in [-0.39, 0.29) is 13.1 Å². The summed E-state index contributed by atoms with van der Waals surface area (Å²) < 4.78 is 5.06. The molecule has 0 spiro atoms. The predicted molar refractivity (Wildman–Crippen MR) is 63.1 cm³/mol.